The first kappa shape index (κ1) is 15.1. The minimum Gasteiger partial charge on any atom is -0.506 e. The van der Waals surface area contributed by atoms with Crippen LogP contribution in [0.5, 0.6) is 5.75 Å². The maximum absolute atomic E-state index is 12.1. The number of nitro groups is 1. The summed E-state index contributed by atoms with van der Waals surface area (Å²) in [6.07, 6.45) is 0. The van der Waals surface area contributed by atoms with E-state index in [2.05, 4.69) is 5.32 Å². The van der Waals surface area contributed by atoms with E-state index < -0.39 is 10.8 Å². The van der Waals surface area contributed by atoms with Gasteiger partial charge in [-0.05, 0) is 18.2 Å². The number of anilines is 1. The fraction of sp³-hybridized carbons (Fsp3) is 0. The topological polar surface area (TPSA) is 92.5 Å². The van der Waals surface area contributed by atoms with Crippen molar-refractivity contribution in [2.75, 3.05) is 5.32 Å². The van der Waals surface area contributed by atoms with Gasteiger partial charge in [0, 0.05) is 12.1 Å². The highest BCUT2D eigenvalue weighted by Gasteiger charge is 2.17. The Labute approximate surface area is 129 Å². The Morgan fingerprint density at radius 2 is 1.81 bits per heavy atom. The number of benzene rings is 2. The number of nitro benzene ring substituents is 1. The lowest BCUT2D eigenvalue weighted by molar-refractivity contribution is -0.384. The van der Waals surface area contributed by atoms with Gasteiger partial charge in [0.15, 0.2) is 0 Å². The second kappa shape index (κ2) is 5.99. The molecule has 0 aliphatic heterocycles. The van der Waals surface area contributed by atoms with Crippen LogP contribution in [0.3, 0.4) is 0 Å². The van der Waals surface area contributed by atoms with Crippen molar-refractivity contribution in [3.05, 3.63) is 62.1 Å². The summed E-state index contributed by atoms with van der Waals surface area (Å²) in [5.41, 5.74) is -0.356. The van der Waals surface area contributed by atoms with E-state index in [1.54, 1.807) is 6.07 Å². The third-order valence-corrected chi connectivity index (χ3v) is 3.26. The lowest BCUT2D eigenvalue weighted by Gasteiger charge is -2.09. The average Bonchev–Trinajstić information content (AvgIpc) is 2.40. The number of rotatable bonds is 3. The van der Waals surface area contributed by atoms with Crippen molar-refractivity contribution in [3.63, 3.8) is 0 Å². The normalized spacial score (nSPS) is 10.2. The smallest absolute Gasteiger partial charge is 0.271 e. The molecule has 6 nitrogen and oxygen atoms in total. The van der Waals surface area contributed by atoms with E-state index in [1.165, 1.54) is 12.1 Å². The molecule has 0 saturated heterocycles. The largest absolute Gasteiger partial charge is 0.506 e. The molecule has 0 fully saturated rings. The molecule has 2 N–H and O–H groups in total. The highest BCUT2D eigenvalue weighted by atomic mass is 35.5. The summed E-state index contributed by atoms with van der Waals surface area (Å²) < 4.78 is 0. The monoisotopic (exact) mass is 326 g/mol. The summed E-state index contributed by atoms with van der Waals surface area (Å²) >= 11 is 11.8. The van der Waals surface area contributed by atoms with E-state index in [4.69, 9.17) is 23.2 Å². The molecule has 2 rings (SSSR count). The second-order valence-electron chi connectivity index (χ2n) is 4.01. The van der Waals surface area contributed by atoms with Crippen LogP contribution >= 0.6 is 23.2 Å². The zero-order valence-electron chi connectivity index (χ0n) is 10.3. The van der Waals surface area contributed by atoms with Gasteiger partial charge in [-0.15, -0.1) is 0 Å². The third-order valence-electron chi connectivity index (χ3n) is 2.63. The van der Waals surface area contributed by atoms with Crippen LogP contribution in [0.15, 0.2) is 36.4 Å². The summed E-state index contributed by atoms with van der Waals surface area (Å²) in [5, 5.41) is 22.9. The highest BCUT2D eigenvalue weighted by molar-refractivity contribution is 6.40. The van der Waals surface area contributed by atoms with Crippen LogP contribution in [0.25, 0.3) is 0 Å². The highest BCUT2D eigenvalue weighted by Crippen LogP contribution is 2.30. The molecule has 108 valence electrons. The number of non-ortho nitro benzene ring substituents is 1. The van der Waals surface area contributed by atoms with E-state index in [0.29, 0.717) is 0 Å². The molecule has 0 saturated carbocycles. The number of nitrogens with one attached hydrogen (secondary N) is 1. The summed E-state index contributed by atoms with van der Waals surface area (Å²) in [7, 11) is 0. The zero-order chi connectivity index (χ0) is 15.6. The molecule has 21 heavy (non-hydrogen) atoms. The molecule has 8 heteroatoms. The van der Waals surface area contributed by atoms with Gasteiger partial charge in [-0.25, -0.2) is 0 Å². The fourth-order valence-electron chi connectivity index (χ4n) is 1.64. The van der Waals surface area contributed by atoms with Crippen molar-refractivity contribution >= 4 is 40.5 Å². The van der Waals surface area contributed by atoms with Gasteiger partial charge in [-0.3, -0.25) is 14.9 Å². The van der Waals surface area contributed by atoms with E-state index in [-0.39, 0.29) is 32.7 Å². The molecule has 0 radical (unpaired) electrons. The van der Waals surface area contributed by atoms with E-state index in [0.717, 1.165) is 18.2 Å². The number of halogens is 2. The fourth-order valence-corrected chi connectivity index (χ4v) is 2.21. The molecule has 0 aliphatic rings. The molecule has 0 atom stereocenters. The number of carbonyl (C=O) groups excluding carboxylic acids is 1. The average molecular weight is 327 g/mol. The summed E-state index contributed by atoms with van der Waals surface area (Å²) in [6, 6.07) is 7.81. The predicted molar refractivity (Wildman–Crippen MR) is 79.2 cm³/mol. The van der Waals surface area contributed by atoms with Gasteiger partial charge >= 0.3 is 0 Å². The molecule has 0 aromatic heterocycles. The molecule has 2 aromatic carbocycles. The Balaban J connectivity index is 2.36. The quantitative estimate of drug-likeness (QED) is 0.508. The van der Waals surface area contributed by atoms with Crippen molar-refractivity contribution < 1.29 is 14.8 Å². The van der Waals surface area contributed by atoms with Crippen molar-refractivity contribution in [3.8, 4) is 5.75 Å². The molecular weight excluding hydrogens is 319 g/mol. The van der Waals surface area contributed by atoms with Crippen molar-refractivity contribution in [1.29, 1.82) is 0 Å². The van der Waals surface area contributed by atoms with Crippen LogP contribution in [0.4, 0.5) is 11.4 Å². The van der Waals surface area contributed by atoms with Crippen molar-refractivity contribution in [2.24, 2.45) is 0 Å². The van der Waals surface area contributed by atoms with E-state index >= 15 is 0 Å². The third kappa shape index (κ3) is 3.24. The minimum atomic E-state index is -0.679. The Kier molecular flexibility index (Phi) is 4.30. The molecule has 2 aromatic rings. The molecule has 0 spiro atoms. The Morgan fingerprint density at radius 3 is 2.38 bits per heavy atom. The van der Waals surface area contributed by atoms with Gasteiger partial charge in [0.2, 0.25) is 0 Å². The van der Waals surface area contributed by atoms with Gasteiger partial charge in [-0.2, -0.15) is 0 Å². The number of hydrogen-bond donors (Lipinski definition) is 2. The zero-order valence-corrected chi connectivity index (χ0v) is 11.9. The Bertz CT molecular complexity index is 714. The number of hydrogen-bond acceptors (Lipinski definition) is 4. The number of nitrogens with zero attached hydrogens (tertiary/aromatic N) is 1. The first-order valence-electron chi connectivity index (χ1n) is 5.63. The van der Waals surface area contributed by atoms with Crippen LogP contribution in [0.2, 0.25) is 10.0 Å². The first-order chi connectivity index (χ1) is 9.90. The second-order valence-corrected chi connectivity index (χ2v) is 4.82. The number of phenolic OH excluding ortho intramolecular Hbond substituents is 1. The number of amides is 1. The van der Waals surface area contributed by atoms with Gasteiger partial charge in [0.25, 0.3) is 11.6 Å². The van der Waals surface area contributed by atoms with Crippen molar-refractivity contribution in [1.82, 2.24) is 0 Å². The lowest BCUT2D eigenvalue weighted by atomic mass is 10.2. The molecule has 1 amide bonds. The summed E-state index contributed by atoms with van der Waals surface area (Å²) in [6.45, 7) is 0. The maximum Gasteiger partial charge on any atom is 0.271 e. The van der Waals surface area contributed by atoms with Crippen LogP contribution in [-0.2, 0) is 0 Å². The van der Waals surface area contributed by atoms with Crippen LogP contribution in [0.1, 0.15) is 10.4 Å². The van der Waals surface area contributed by atoms with Crippen LogP contribution in [0, 0.1) is 10.1 Å². The molecule has 0 heterocycles. The number of aromatic hydroxyl groups is 1. The van der Waals surface area contributed by atoms with Gasteiger partial charge in [-0.1, -0.05) is 29.3 Å². The number of phenols is 1. The Morgan fingerprint density at radius 1 is 1.19 bits per heavy atom. The van der Waals surface area contributed by atoms with E-state index in [1.807, 2.05) is 0 Å². The lowest BCUT2D eigenvalue weighted by Crippen LogP contribution is -2.13. The summed E-state index contributed by atoms with van der Waals surface area (Å²) in [4.78, 5) is 22.2. The van der Waals surface area contributed by atoms with Gasteiger partial charge < -0.3 is 10.4 Å². The minimum absolute atomic E-state index is 0.0201. The number of carbonyl (C=O) groups is 1. The molecule has 0 unspecified atom stereocenters. The SMILES string of the molecule is O=C(Nc1cc([N+](=O)[O-])ccc1O)c1c(Cl)cccc1Cl. The summed E-state index contributed by atoms with van der Waals surface area (Å²) in [5.74, 6) is -0.987. The van der Waals surface area contributed by atoms with Gasteiger partial charge in [0.05, 0.1) is 26.2 Å². The molecule has 0 aliphatic carbocycles. The van der Waals surface area contributed by atoms with Crippen LogP contribution < -0.4 is 5.32 Å². The van der Waals surface area contributed by atoms with Crippen molar-refractivity contribution in [2.45, 2.75) is 0 Å². The first-order valence-corrected chi connectivity index (χ1v) is 6.38. The van der Waals surface area contributed by atoms with Gasteiger partial charge in [0.1, 0.15) is 5.75 Å². The Hall–Kier alpha value is -2.31. The van der Waals surface area contributed by atoms with E-state index in [9.17, 15) is 20.0 Å². The predicted octanol–water partition coefficient (Wildman–Crippen LogP) is 3.86. The maximum atomic E-state index is 12.1. The molecule has 0 bridgehead atoms. The molecular formula is C13H8Cl2N2O4. The standard InChI is InChI=1S/C13H8Cl2N2O4/c14-8-2-1-3-9(15)12(8)13(19)16-10-6-7(17(20)21)4-5-11(10)18/h1-6,18H,(H,16,19). The van der Waals surface area contributed by atoms with Crippen LogP contribution in [-0.4, -0.2) is 15.9 Å².